The lowest BCUT2D eigenvalue weighted by atomic mass is 10.1. The van der Waals surface area contributed by atoms with E-state index in [4.69, 9.17) is 9.47 Å². The van der Waals surface area contributed by atoms with E-state index in [2.05, 4.69) is 6.07 Å². The summed E-state index contributed by atoms with van der Waals surface area (Å²) in [6.07, 6.45) is 0.829. The summed E-state index contributed by atoms with van der Waals surface area (Å²) < 4.78 is 12.1. The van der Waals surface area contributed by atoms with Gasteiger partial charge in [0.25, 0.3) is 5.56 Å². The number of benzene rings is 2. The van der Waals surface area contributed by atoms with Crippen LogP contribution >= 0.6 is 0 Å². The first-order valence-corrected chi connectivity index (χ1v) is 9.53. The van der Waals surface area contributed by atoms with Gasteiger partial charge in [-0.3, -0.25) is 9.59 Å². The van der Waals surface area contributed by atoms with Crippen molar-refractivity contribution in [1.82, 2.24) is 4.57 Å². The number of pyridine rings is 1. The Balaban J connectivity index is 1.62. The largest absolute Gasteiger partial charge is 0.497 e. The van der Waals surface area contributed by atoms with Crippen molar-refractivity contribution in [3.05, 3.63) is 76.1 Å². The molecule has 0 radical (unpaired) electrons. The third-order valence-electron chi connectivity index (χ3n) is 5.32. The van der Waals surface area contributed by atoms with Crippen molar-refractivity contribution >= 4 is 16.9 Å². The summed E-state index contributed by atoms with van der Waals surface area (Å²) in [5.41, 5.74) is 3.01. The number of hydrogen-bond acceptors (Lipinski definition) is 4. The molecule has 2 atom stereocenters. The van der Waals surface area contributed by atoms with Gasteiger partial charge in [-0.05, 0) is 66.1 Å². The summed E-state index contributed by atoms with van der Waals surface area (Å²) in [6, 6.07) is 17.3. The first-order valence-electron chi connectivity index (χ1n) is 9.53. The number of methoxy groups -OCH3 is 1. The van der Waals surface area contributed by atoms with Crippen molar-refractivity contribution < 1.29 is 14.3 Å². The number of aromatic nitrogens is 1. The number of rotatable bonds is 6. The minimum Gasteiger partial charge on any atom is -0.497 e. The summed E-state index contributed by atoms with van der Waals surface area (Å²) in [7, 11) is 1.63. The summed E-state index contributed by atoms with van der Waals surface area (Å²) in [6.45, 7) is 2.74. The van der Waals surface area contributed by atoms with E-state index in [9.17, 15) is 9.59 Å². The molecule has 4 rings (SSSR count). The highest BCUT2D eigenvalue weighted by Gasteiger charge is 2.45. The van der Waals surface area contributed by atoms with Crippen molar-refractivity contribution in [1.29, 1.82) is 0 Å². The number of hydrogen-bond donors (Lipinski definition) is 0. The standard InChI is InChI=1S/C23H23NO4/c1-3-28-23(26)20-13-19(20)16-6-10-21-17(12-16)7-11-22(25)24(21)14-15-4-8-18(27-2)9-5-15/h4-12,19-20H,3,13-14H2,1-2H3. The molecule has 0 saturated heterocycles. The summed E-state index contributed by atoms with van der Waals surface area (Å²) in [5, 5.41) is 1.00. The quantitative estimate of drug-likeness (QED) is 0.614. The average molecular weight is 377 g/mol. The normalized spacial score (nSPS) is 18.1. The minimum atomic E-state index is -0.114. The highest BCUT2D eigenvalue weighted by molar-refractivity contribution is 5.82. The Bertz CT molecular complexity index is 1070. The van der Waals surface area contributed by atoms with Crippen LogP contribution in [0.25, 0.3) is 10.9 Å². The second-order valence-electron chi connectivity index (χ2n) is 7.12. The third kappa shape index (κ3) is 3.52. The molecule has 1 aromatic heterocycles. The Morgan fingerprint density at radius 2 is 1.89 bits per heavy atom. The molecule has 3 aromatic rings. The van der Waals surface area contributed by atoms with E-state index in [1.165, 1.54) is 0 Å². The number of fused-ring (bicyclic) bond motifs is 1. The topological polar surface area (TPSA) is 57.5 Å². The number of carbonyl (C=O) groups excluding carboxylic acids is 1. The van der Waals surface area contributed by atoms with Gasteiger partial charge < -0.3 is 14.0 Å². The Morgan fingerprint density at radius 3 is 2.61 bits per heavy atom. The Labute approximate surface area is 163 Å². The fourth-order valence-corrected chi connectivity index (χ4v) is 3.70. The predicted molar refractivity (Wildman–Crippen MR) is 108 cm³/mol. The van der Waals surface area contributed by atoms with Crippen LogP contribution in [0.4, 0.5) is 0 Å². The molecule has 0 N–H and O–H groups in total. The van der Waals surface area contributed by atoms with Gasteiger partial charge in [0.2, 0.25) is 0 Å². The van der Waals surface area contributed by atoms with Crippen LogP contribution < -0.4 is 10.3 Å². The van der Waals surface area contributed by atoms with E-state index in [-0.39, 0.29) is 23.4 Å². The van der Waals surface area contributed by atoms with E-state index in [0.717, 1.165) is 34.2 Å². The zero-order valence-electron chi connectivity index (χ0n) is 16.1. The number of esters is 1. The Kier molecular flexibility index (Phi) is 4.90. The van der Waals surface area contributed by atoms with Gasteiger partial charge in [-0.2, -0.15) is 0 Å². The monoisotopic (exact) mass is 377 g/mol. The van der Waals surface area contributed by atoms with Crippen molar-refractivity contribution in [2.75, 3.05) is 13.7 Å². The molecular weight excluding hydrogens is 354 g/mol. The van der Waals surface area contributed by atoms with Crippen molar-refractivity contribution in [3.63, 3.8) is 0 Å². The molecule has 2 unspecified atom stereocenters. The lowest BCUT2D eigenvalue weighted by molar-refractivity contribution is -0.144. The second kappa shape index (κ2) is 7.50. The average Bonchev–Trinajstić information content (AvgIpc) is 3.51. The second-order valence-corrected chi connectivity index (χ2v) is 7.12. The maximum absolute atomic E-state index is 12.5. The molecule has 1 aliphatic carbocycles. The van der Waals surface area contributed by atoms with E-state index in [1.54, 1.807) is 17.7 Å². The maximum Gasteiger partial charge on any atom is 0.309 e. The van der Waals surface area contributed by atoms with Crippen LogP contribution in [0, 0.1) is 5.92 Å². The van der Waals surface area contributed by atoms with Gasteiger partial charge in [-0.1, -0.05) is 18.2 Å². The van der Waals surface area contributed by atoms with Gasteiger partial charge in [0.05, 0.1) is 31.7 Å². The van der Waals surface area contributed by atoms with Crippen LogP contribution in [0.1, 0.15) is 30.4 Å². The lowest BCUT2D eigenvalue weighted by Crippen LogP contribution is -2.20. The van der Waals surface area contributed by atoms with Crippen molar-refractivity contribution in [2.45, 2.75) is 25.8 Å². The molecule has 0 spiro atoms. The van der Waals surface area contributed by atoms with Crippen LogP contribution in [0.2, 0.25) is 0 Å². The number of ether oxygens (including phenoxy) is 2. The maximum atomic E-state index is 12.5. The fraction of sp³-hybridized carbons (Fsp3) is 0.304. The van der Waals surface area contributed by atoms with Crippen LogP contribution in [0.5, 0.6) is 5.75 Å². The molecule has 2 aromatic carbocycles. The zero-order chi connectivity index (χ0) is 19.7. The van der Waals surface area contributed by atoms with Gasteiger partial charge in [0.15, 0.2) is 0 Å². The highest BCUT2D eigenvalue weighted by Crippen LogP contribution is 2.48. The first kappa shape index (κ1) is 18.3. The molecule has 1 heterocycles. The lowest BCUT2D eigenvalue weighted by Gasteiger charge is -2.12. The molecule has 5 nitrogen and oxygen atoms in total. The summed E-state index contributed by atoms with van der Waals surface area (Å²) >= 11 is 0. The Morgan fingerprint density at radius 1 is 1.11 bits per heavy atom. The van der Waals surface area contributed by atoms with Crippen molar-refractivity contribution in [3.8, 4) is 5.75 Å². The summed E-state index contributed by atoms with van der Waals surface area (Å²) in [5.74, 6) is 0.851. The number of carbonyl (C=O) groups is 1. The molecule has 0 amide bonds. The van der Waals surface area contributed by atoms with Gasteiger partial charge >= 0.3 is 5.97 Å². The zero-order valence-corrected chi connectivity index (χ0v) is 16.1. The van der Waals surface area contributed by atoms with E-state index < -0.39 is 0 Å². The van der Waals surface area contributed by atoms with Crippen LogP contribution in [-0.2, 0) is 16.1 Å². The summed E-state index contributed by atoms with van der Waals surface area (Å²) in [4.78, 5) is 24.4. The van der Waals surface area contributed by atoms with E-state index in [1.807, 2.05) is 49.4 Å². The van der Waals surface area contributed by atoms with Gasteiger partial charge in [-0.25, -0.2) is 0 Å². The van der Waals surface area contributed by atoms with Crippen LogP contribution in [0.15, 0.2) is 59.4 Å². The van der Waals surface area contributed by atoms with E-state index >= 15 is 0 Å². The van der Waals surface area contributed by atoms with Gasteiger partial charge in [0, 0.05) is 6.07 Å². The van der Waals surface area contributed by atoms with Crippen LogP contribution in [-0.4, -0.2) is 24.3 Å². The molecule has 0 aliphatic heterocycles. The Hall–Kier alpha value is -3.08. The minimum absolute atomic E-state index is 0.0353. The van der Waals surface area contributed by atoms with Gasteiger partial charge in [-0.15, -0.1) is 0 Å². The molecular formula is C23H23NO4. The SMILES string of the molecule is CCOC(=O)C1CC1c1ccc2c(ccc(=O)n2Cc2ccc(OC)cc2)c1. The molecule has 28 heavy (non-hydrogen) atoms. The smallest absolute Gasteiger partial charge is 0.309 e. The molecule has 1 saturated carbocycles. The third-order valence-corrected chi connectivity index (χ3v) is 5.32. The van der Waals surface area contributed by atoms with Crippen molar-refractivity contribution in [2.24, 2.45) is 5.92 Å². The predicted octanol–water partition coefficient (Wildman–Crippen LogP) is 3.73. The molecule has 1 aliphatic rings. The van der Waals surface area contributed by atoms with Gasteiger partial charge in [0.1, 0.15) is 5.75 Å². The van der Waals surface area contributed by atoms with Crippen LogP contribution in [0.3, 0.4) is 0 Å². The fourth-order valence-electron chi connectivity index (χ4n) is 3.70. The molecule has 5 heteroatoms. The molecule has 0 bridgehead atoms. The number of nitrogens with zero attached hydrogens (tertiary/aromatic N) is 1. The first-order chi connectivity index (χ1) is 13.6. The molecule has 1 fully saturated rings. The molecule has 144 valence electrons. The van der Waals surface area contributed by atoms with E-state index in [0.29, 0.717) is 13.2 Å². The highest BCUT2D eigenvalue weighted by atomic mass is 16.5.